The molecule has 0 bridgehead atoms. The van der Waals surface area contributed by atoms with Crippen molar-refractivity contribution in [1.29, 1.82) is 0 Å². The van der Waals surface area contributed by atoms with Gasteiger partial charge in [-0.05, 0) is 50.2 Å². The predicted molar refractivity (Wildman–Crippen MR) is 98.1 cm³/mol. The molecule has 0 atom stereocenters. The second-order valence-electron chi connectivity index (χ2n) is 5.81. The number of nitrogens with one attached hydrogen (secondary N) is 1. The van der Waals surface area contributed by atoms with Gasteiger partial charge in [-0.2, -0.15) is 0 Å². The molecular formula is C19H20N2O3S. The van der Waals surface area contributed by atoms with Gasteiger partial charge in [0.15, 0.2) is 0 Å². The average molecular weight is 356 g/mol. The maximum atomic E-state index is 12.2. The summed E-state index contributed by atoms with van der Waals surface area (Å²) in [7, 11) is 0. The first-order valence-electron chi connectivity index (χ1n) is 8.15. The Morgan fingerprint density at radius 2 is 2.08 bits per heavy atom. The first-order valence-corrected chi connectivity index (χ1v) is 9.03. The standard InChI is InChI=1S/C19H20N2O3S/c1-13(2)24-16-7-5-14(6-8-16)19-21-17(12-25-19)18(22)20-10-9-15-4-3-11-23-15/h3-8,11-13H,9-10H2,1-2H3,(H,20,22). The van der Waals surface area contributed by atoms with Crippen molar-refractivity contribution in [3.63, 3.8) is 0 Å². The van der Waals surface area contributed by atoms with Crippen molar-refractivity contribution in [1.82, 2.24) is 10.3 Å². The number of benzene rings is 1. The number of rotatable bonds is 7. The number of aromatic nitrogens is 1. The maximum absolute atomic E-state index is 12.2. The fraction of sp³-hybridized carbons (Fsp3) is 0.263. The van der Waals surface area contributed by atoms with Gasteiger partial charge in [-0.3, -0.25) is 4.79 Å². The van der Waals surface area contributed by atoms with E-state index in [0.717, 1.165) is 22.1 Å². The van der Waals surface area contributed by atoms with E-state index in [1.165, 1.54) is 11.3 Å². The lowest BCUT2D eigenvalue weighted by Gasteiger charge is -2.09. The fourth-order valence-electron chi connectivity index (χ4n) is 2.30. The monoisotopic (exact) mass is 356 g/mol. The van der Waals surface area contributed by atoms with Gasteiger partial charge in [-0.1, -0.05) is 0 Å². The van der Waals surface area contributed by atoms with E-state index in [2.05, 4.69) is 10.3 Å². The summed E-state index contributed by atoms with van der Waals surface area (Å²) in [5.41, 5.74) is 1.40. The molecule has 25 heavy (non-hydrogen) atoms. The van der Waals surface area contributed by atoms with Gasteiger partial charge in [0.05, 0.1) is 12.4 Å². The fourth-order valence-corrected chi connectivity index (χ4v) is 3.11. The van der Waals surface area contributed by atoms with Gasteiger partial charge in [-0.15, -0.1) is 11.3 Å². The number of ether oxygens (including phenoxy) is 1. The highest BCUT2D eigenvalue weighted by Gasteiger charge is 2.12. The summed E-state index contributed by atoms with van der Waals surface area (Å²) in [5.74, 6) is 1.50. The van der Waals surface area contributed by atoms with Crippen LogP contribution in [0.15, 0.2) is 52.5 Å². The summed E-state index contributed by atoms with van der Waals surface area (Å²) in [4.78, 5) is 16.6. The van der Waals surface area contributed by atoms with Crippen LogP contribution in [0.5, 0.6) is 5.75 Å². The van der Waals surface area contributed by atoms with Gasteiger partial charge in [-0.25, -0.2) is 4.98 Å². The zero-order chi connectivity index (χ0) is 17.6. The van der Waals surface area contributed by atoms with Crippen LogP contribution in [0.1, 0.15) is 30.1 Å². The number of thiazole rings is 1. The van der Waals surface area contributed by atoms with E-state index >= 15 is 0 Å². The van der Waals surface area contributed by atoms with Gasteiger partial charge in [0.2, 0.25) is 0 Å². The molecule has 0 aliphatic rings. The van der Waals surface area contributed by atoms with Crippen molar-refractivity contribution in [3.8, 4) is 16.3 Å². The molecule has 3 rings (SSSR count). The maximum Gasteiger partial charge on any atom is 0.270 e. The lowest BCUT2D eigenvalue weighted by atomic mass is 10.2. The first-order chi connectivity index (χ1) is 12.1. The highest BCUT2D eigenvalue weighted by molar-refractivity contribution is 7.13. The second-order valence-corrected chi connectivity index (χ2v) is 6.67. The van der Waals surface area contributed by atoms with Crippen LogP contribution in [0.4, 0.5) is 0 Å². The lowest BCUT2D eigenvalue weighted by molar-refractivity contribution is 0.0949. The molecule has 2 heterocycles. The summed E-state index contributed by atoms with van der Waals surface area (Å²) in [5, 5.41) is 5.44. The van der Waals surface area contributed by atoms with Gasteiger partial charge in [0.1, 0.15) is 22.2 Å². The molecule has 0 saturated carbocycles. The minimum atomic E-state index is -0.172. The van der Waals surface area contributed by atoms with E-state index in [9.17, 15) is 4.79 Å². The third-order valence-electron chi connectivity index (χ3n) is 3.45. The first kappa shape index (κ1) is 17.2. The van der Waals surface area contributed by atoms with Crippen LogP contribution in [-0.4, -0.2) is 23.5 Å². The minimum Gasteiger partial charge on any atom is -0.491 e. The van der Waals surface area contributed by atoms with Crippen LogP contribution in [-0.2, 0) is 6.42 Å². The van der Waals surface area contributed by atoms with Crippen molar-refractivity contribution in [2.24, 2.45) is 0 Å². The summed E-state index contributed by atoms with van der Waals surface area (Å²) in [6, 6.07) is 11.5. The Hall–Kier alpha value is -2.60. The third kappa shape index (κ3) is 4.70. The van der Waals surface area contributed by atoms with Crippen LogP contribution >= 0.6 is 11.3 Å². The molecule has 130 valence electrons. The van der Waals surface area contributed by atoms with E-state index in [4.69, 9.17) is 9.15 Å². The van der Waals surface area contributed by atoms with Crippen molar-refractivity contribution < 1.29 is 13.9 Å². The number of carbonyl (C=O) groups is 1. The van der Waals surface area contributed by atoms with E-state index < -0.39 is 0 Å². The molecule has 0 spiro atoms. The van der Waals surface area contributed by atoms with Crippen molar-refractivity contribution >= 4 is 17.2 Å². The number of nitrogens with zero attached hydrogens (tertiary/aromatic N) is 1. The second kappa shape index (κ2) is 7.98. The van der Waals surface area contributed by atoms with E-state index in [-0.39, 0.29) is 12.0 Å². The molecular weight excluding hydrogens is 336 g/mol. The SMILES string of the molecule is CC(C)Oc1ccc(-c2nc(C(=O)NCCc3ccco3)cs2)cc1. The zero-order valence-electron chi connectivity index (χ0n) is 14.2. The smallest absolute Gasteiger partial charge is 0.270 e. The number of amides is 1. The van der Waals surface area contributed by atoms with Gasteiger partial charge in [0.25, 0.3) is 5.91 Å². The zero-order valence-corrected chi connectivity index (χ0v) is 15.0. The van der Waals surface area contributed by atoms with E-state index in [1.54, 1.807) is 11.6 Å². The quantitative estimate of drug-likeness (QED) is 0.690. The lowest BCUT2D eigenvalue weighted by Crippen LogP contribution is -2.25. The molecule has 0 saturated heterocycles. The molecule has 0 aliphatic heterocycles. The summed E-state index contributed by atoms with van der Waals surface area (Å²) in [6.45, 7) is 4.50. The summed E-state index contributed by atoms with van der Waals surface area (Å²) in [6.07, 6.45) is 2.43. The molecule has 0 unspecified atom stereocenters. The highest BCUT2D eigenvalue weighted by Crippen LogP contribution is 2.26. The van der Waals surface area contributed by atoms with E-state index in [0.29, 0.717) is 18.7 Å². The van der Waals surface area contributed by atoms with Crippen molar-refractivity contribution in [2.45, 2.75) is 26.4 Å². The van der Waals surface area contributed by atoms with Crippen molar-refractivity contribution in [3.05, 3.63) is 59.5 Å². The van der Waals surface area contributed by atoms with Gasteiger partial charge >= 0.3 is 0 Å². The number of furan rings is 1. The summed E-state index contributed by atoms with van der Waals surface area (Å²) >= 11 is 1.45. The molecule has 5 nitrogen and oxygen atoms in total. The Kier molecular flexibility index (Phi) is 5.50. The predicted octanol–water partition coefficient (Wildman–Crippen LogP) is 4.16. The molecule has 0 aliphatic carbocycles. The van der Waals surface area contributed by atoms with Gasteiger partial charge < -0.3 is 14.5 Å². The molecule has 6 heteroatoms. The van der Waals surface area contributed by atoms with E-state index in [1.807, 2.05) is 50.2 Å². The Labute approximate surface area is 150 Å². The Morgan fingerprint density at radius 3 is 2.76 bits per heavy atom. The van der Waals surface area contributed by atoms with Crippen LogP contribution < -0.4 is 10.1 Å². The highest BCUT2D eigenvalue weighted by atomic mass is 32.1. The largest absolute Gasteiger partial charge is 0.491 e. The molecule has 0 fully saturated rings. The topological polar surface area (TPSA) is 64.4 Å². The van der Waals surface area contributed by atoms with Crippen LogP contribution in [0, 0.1) is 0 Å². The van der Waals surface area contributed by atoms with Crippen molar-refractivity contribution in [2.75, 3.05) is 6.54 Å². The molecule has 0 radical (unpaired) electrons. The van der Waals surface area contributed by atoms with Gasteiger partial charge in [0, 0.05) is 23.9 Å². The number of hydrogen-bond acceptors (Lipinski definition) is 5. The Balaban J connectivity index is 1.58. The molecule has 1 aromatic carbocycles. The Bertz CT molecular complexity index is 808. The number of hydrogen-bond donors (Lipinski definition) is 1. The molecule has 3 aromatic rings. The average Bonchev–Trinajstić information content (AvgIpc) is 3.26. The van der Waals surface area contributed by atoms with Crippen LogP contribution in [0.2, 0.25) is 0 Å². The minimum absolute atomic E-state index is 0.141. The van der Waals surface area contributed by atoms with Crippen LogP contribution in [0.25, 0.3) is 10.6 Å². The molecule has 1 N–H and O–H groups in total. The third-order valence-corrected chi connectivity index (χ3v) is 4.34. The number of carbonyl (C=O) groups excluding carboxylic acids is 1. The molecule has 2 aromatic heterocycles. The molecule has 1 amide bonds. The normalized spacial score (nSPS) is 10.8. The van der Waals surface area contributed by atoms with Crippen LogP contribution in [0.3, 0.4) is 0 Å². The Morgan fingerprint density at radius 1 is 1.28 bits per heavy atom. The summed E-state index contributed by atoms with van der Waals surface area (Å²) < 4.78 is 10.9.